The summed E-state index contributed by atoms with van der Waals surface area (Å²) in [4.78, 5) is 144. The van der Waals surface area contributed by atoms with Crippen LogP contribution in [0.2, 0.25) is 0 Å². The van der Waals surface area contributed by atoms with Crippen molar-refractivity contribution in [1.29, 1.82) is 0 Å². The van der Waals surface area contributed by atoms with E-state index < -0.39 is 11.9 Å². The van der Waals surface area contributed by atoms with E-state index in [1.54, 1.807) is 78.9 Å². The monoisotopic (exact) mass is 1990 g/mol. The topological polar surface area (TPSA) is 499 Å². The number of rotatable bonds is 23. The number of phenolic OH excluding ortho intramolecular Hbond substituents is 5. The van der Waals surface area contributed by atoms with Gasteiger partial charge in [-0.2, -0.15) is 0 Å². The Kier molecular flexibility index (Phi) is 47.8. The minimum Gasteiger partial charge on any atom is -0.505 e. The second kappa shape index (κ2) is 61.1. The van der Waals surface area contributed by atoms with Gasteiger partial charge in [-0.3, -0.25) is 57.5 Å². The van der Waals surface area contributed by atoms with Gasteiger partial charge in [0.1, 0.15) is 0 Å². The van der Waals surface area contributed by atoms with Crippen LogP contribution in [0.4, 0.5) is 28.4 Å². The minimum absolute atomic E-state index is 0.0221. The van der Waals surface area contributed by atoms with E-state index >= 15 is 0 Å². The molecule has 33 heteroatoms. The van der Waals surface area contributed by atoms with Crippen molar-refractivity contribution >= 4 is 102 Å². The van der Waals surface area contributed by atoms with Gasteiger partial charge in [-0.05, 0) is 187 Å². The van der Waals surface area contributed by atoms with Gasteiger partial charge >= 0.3 is 0 Å². The summed E-state index contributed by atoms with van der Waals surface area (Å²) in [5.41, 5.74) is 5.10. The molecule has 1 aromatic heterocycles. The number of amides is 11. The largest absolute Gasteiger partial charge is 0.505 e. The summed E-state index contributed by atoms with van der Waals surface area (Å²) in [5.74, 6) is -2.97. The summed E-state index contributed by atoms with van der Waals surface area (Å²) in [6.07, 6.45) is 52.6. The second-order valence-corrected chi connectivity index (χ2v) is 39.0. The molecule has 8 aliphatic rings. The number of Topliss-reactive ketones (excluding diaryl/α,β-unsaturated/α-hetero) is 1. The second-order valence-electron chi connectivity index (χ2n) is 39.0. The number of hydrogen-bond donors (Lipinski definition) is 17. The van der Waals surface area contributed by atoms with E-state index in [0.29, 0.717) is 63.5 Å². The molecule has 7 aromatic rings. The average molecular weight is 1990 g/mol. The molecule has 6 aromatic carbocycles. The fourth-order valence-corrected chi connectivity index (χ4v) is 20.2. The number of nitrogens with one attached hydrogen (secondary N) is 11. The summed E-state index contributed by atoms with van der Waals surface area (Å²) < 4.78 is 15.9. The van der Waals surface area contributed by atoms with Gasteiger partial charge in [-0.1, -0.05) is 222 Å². The number of ketones is 1. The molecule has 3 unspecified atom stereocenters. The molecule has 17 N–H and O–H groups in total. The highest BCUT2D eigenvalue weighted by Gasteiger charge is 2.46. The maximum atomic E-state index is 12.8. The van der Waals surface area contributed by atoms with E-state index in [2.05, 4.69) is 87.7 Å². The summed E-state index contributed by atoms with van der Waals surface area (Å²) in [7, 11) is 1.45. The zero-order valence-corrected chi connectivity index (χ0v) is 83.4. The Labute approximate surface area is 845 Å². The zero-order valence-electron chi connectivity index (χ0n) is 83.4. The van der Waals surface area contributed by atoms with Crippen LogP contribution in [0.5, 0.6) is 40.2 Å². The fraction of sp³-hybridized carbons (Fsp3) is 0.523. The van der Waals surface area contributed by atoms with Crippen molar-refractivity contribution in [2.24, 2.45) is 10.8 Å². The molecule has 15 rings (SSSR count). The van der Waals surface area contributed by atoms with E-state index in [4.69, 9.17) is 14.2 Å². The first-order valence-corrected chi connectivity index (χ1v) is 52.0. The maximum Gasteiger partial charge on any atom is 0.274 e. The number of fused-ring (bicyclic) bond motifs is 1. The molecule has 11 amide bonds. The first-order chi connectivity index (χ1) is 70.0. The molecule has 33 nitrogen and oxygen atoms in total. The number of methoxy groups -OCH3 is 1. The smallest absolute Gasteiger partial charge is 0.274 e. The van der Waals surface area contributed by atoms with E-state index in [9.17, 15) is 88.2 Å². The van der Waals surface area contributed by atoms with Gasteiger partial charge in [0.05, 0.1) is 95.8 Å². The number of benzene rings is 6. The van der Waals surface area contributed by atoms with Crippen molar-refractivity contribution in [2.45, 2.75) is 325 Å². The number of aromatic hydroxyl groups is 6. The van der Waals surface area contributed by atoms with Gasteiger partial charge < -0.3 is 103 Å². The van der Waals surface area contributed by atoms with Gasteiger partial charge in [0.25, 0.3) is 35.4 Å². The number of aryl methyl sites for hydroxylation is 2. The third-order valence-electron chi connectivity index (χ3n) is 28.7. The van der Waals surface area contributed by atoms with E-state index in [1.807, 2.05) is 0 Å². The normalized spacial score (nSPS) is 19.1. The fourth-order valence-electron chi connectivity index (χ4n) is 20.2. The van der Waals surface area contributed by atoms with E-state index in [-0.39, 0.29) is 173 Å². The number of hydrogen-bond acceptors (Lipinski definition) is 22. The lowest BCUT2D eigenvalue weighted by atomic mass is 9.73. The molecule has 2 spiro atoms. The van der Waals surface area contributed by atoms with Crippen LogP contribution in [0.15, 0.2) is 128 Å². The number of carbonyl (C=O) groups excluding carboxylic acids is 12. The Morgan fingerprint density at radius 3 is 1.01 bits per heavy atom. The van der Waals surface area contributed by atoms with Crippen LogP contribution in [0.1, 0.15) is 350 Å². The molecule has 6 aliphatic carbocycles. The first-order valence-electron chi connectivity index (χ1n) is 52.0. The van der Waals surface area contributed by atoms with Crippen molar-refractivity contribution in [2.75, 3.05) is 60.1 Å². The average Bonchev–Trinajstić information content (AvgIpc) is 1.09. The van der Waals surface area contributed by atoms with Crippen LogP contribution in [0, 0.1) is 10.8 Å². The highest BCUT2D eigenvalue weighted by molar-refractivity contribution is 6.04. The number of anilines is 5. The van der Waals surface area contributed by atoms with Crippen molar-refractivity contribution in [3.8, 4) is 40.2 Å². The van der Waals surface area contributed by atoms with Crippen LogP contribution < -0.4 is 63.2 Å². The highest BCUT2D eigenvalue weighted by atomic mass is 16.5. The Hall–Kier alpha value is -13.2. The molecule has 144 heavy (non-hydrogen) atoms. The predicted molar refractivity (Wildman–Crippen MR) is 553 cm³/mol. The van der Waals surface area contributed by atoms with Gasteiger partial charge in [-0.25, -0.2) is 4.98 Å². The third-order valence-corrected chi connectivity index (χ3v) is 28.7. The Bertz CT molecular complexity index is 5250. The van der Waals surface area contributed by atoms with E-state index in [0.717, 1.165) is 180 Å². The number of ether oxygens (including phenoxy) is 3. The maximum absolute atomic E-state index is 12.8. The van der Waals surface area contributed by atoms with Gasteiger partial charge in [0.2, 0.25) is 32.1 Å². The van der Waals surface area contributed by atoms with Crippen LogP contribution in [0.3, 0.4) is 0 Å². The number of para-hydroxylation sites is 5. The van der Waals surface area contributed by atoms with Crippen molar-refractivity contribution < 1.29 is 102 Å². The van der Waals surface area contributed by atoms with Gasteiger partial charge in [-0.15, -0.1) is 0 Å². The molecular weight excluding hydrogens is 1840 g/mol. The molecule has 0 bridgehead atoms. The summed E-state index contributed by atoms with van der Waals surface area (Å²) >= 11 is 0. The molecule has 5 saturated carbocycles. The molecule has 780 valence electrons. The van der Waals surface area contributed by atoms with Gasteiger partial charge in [0, 0.05) is 59.7 Å². The number of pyridine rings is 1. The molecule has 3 atom stereocenters. The van der Waals surface area contributed by atoms with Crippen LogP contribution in [-0.2, 0) is 51.1 Å². The molecule has 2 aliphatic heterocycles. The lowest BCUT2D eigenvalue weighted by Gasteiger charge is -2.47. The van der Waals surface area contributed by atoms with Crippen molar-refractivity contribution in [3.05, 3.63) is 172 Å². The number of aromatic nitrogens is 1. The molecule has 3 heterocycles. The Morgan fingerprint density at radius 2 is 0.639 bits per heavy atom. The SMILES string of the molecule is COc1ccnc(C(=O)NC2CCCCCCCC2)c1O.O=CNc1cccc(C(=O)NC2CCCCCC3(CC2)COC3)c1O.O=CNc1cccc(C(=O)NC2CCCCCCCC23COC3)c1O.O=CNc1cccc(C(=O)NC2CCCCCCCC2=O)c1O.O=CNc1cccc(C(=O)NC2CCCCCCCCCC2)c1O.O=CNc1cccc(C(=O)NC2CCCc3ccccc3CCC2)c1O. The van der Waals surface area contributed by atoms with Crippen molar-refractivity contribution in [1.82, 2.24) is 36.9 Å². The predicted octanol–water partition coefficient (Wildman–Crippen LogP) is 18.4. The lowest BCUT2D eigenvalue weighted by molar-refractivity contribution is -0.136. The highest BCUT2D eigenvalue weighted by Crippen LogP contribution is 2.44. The standard InChI is InChI=1S/C21H24N2O3.2C19H26N2O4.C19H28N2O3.C17H22N2O4.C16H24N2O3/c24-14-22-19-13-5-12-18(20(19)25)21(26)23-17-10-3-8-15-6-1-2-7-16(15)9-4-11-17;22-13-20-16-7-4-6-15(17(16)23)18(24)21-14-5-2-1-3-9-19(10-8-14)11-25-12-19;22-13-20-15-8-6-7-14(17(15)23)18(24)21-16-9-4-2-1-3-5-10-19(16)11-25-12-19;22-14-20-17-13-9-12-16(18(17)23)19(24)21-15-10-7-5-3-1-2-4-6-8-11-15;20-11-18-14-9-6-7-12(16(14)22)17(23)19-13-8-4-2-1-3-5-10-15(13)21;1-21-13-10-11-17-14(15(13)19)16(20)18-12-8-6-4-2-3-5-7-9-12/h1-2,5-7,12-14,17,25H,3-4,8-11H2,(H,22,24)(H,23,26);4,6-7,13-14,23H,1-3,5,8-12H2,(H,20,22)(H,21,24);6-8,13,16,23H,1-5,9-12H2,(H,20,22)(H,21,24);9,12-15,23H,1-8,10-11H2,(H,20,22)(H,21,24);6-7,9,11,13,22H,1-5,8,10H2,(H,18,20)(H,19,23);10-12,19H,2-9H2,1H3,(H,18,20). The zero-order chi connectivity index (χ0) is 103. The summed E-state index contributed by atoms with van der Waals surface area (Å²) in [5, 5.41) is 90.9. The summed E-state index contributed by atoms with van der Waals surface area (Å²) in [6, 6.07) is 33.7. The lowest BCUT2D eigenvalue weighted by Crippen LogP contribution is -2.58. The van der Waals surface area contributed by atoms with Crippen molar-refractivity contribution in [3.63, 3.8) is 0 Å². The van der Waals surface area contributed by atoms with Gasteiger partial charge in [0.15, 0.2) is 51.7 Å². The number of phenols is 5. The van der Waals surface area contributed by atoms with Crippen LogP contribution >= 0.6 is 0 Å². The third kappa shape index (κ3) is 35.1. The van der Waals surface area contributed by atoms with Crippen LogP contribution in [-0.4, -0.2) is 179 Å². The first kappa shape index (κ1) is 113. The molecule has 0 radical (unpaired) electrons. The van der Waals surface area contributed by atoms with E-state index in [1.165, 1.54) is 152 Å². The molecular formula is C111H150N12O21. The number of carbonyl (C=O) groups is 12. The Balaban J connectivity index is 0.000000178. The Morgan fingerprint density at radius 1 is 0.319 bits per heavy atom. The van der Waals surface area contributed by atoms with Crippen LogP contribution in [0.25, 0.3) is 0 Å². The molecule has 2 saturated heterocycles. The minimum atomic E-state index is -0.511. The quantitative estimate of drug-likeness (QED) is 0.0209. The molecule has 7 fully saturated rings. The summed E-state index contributed by atoms with van der Waals surface area (Å²) in [6.45, 7) is 3.06. The number of nitrogens with zero attached hydrogens (tertiary/aromatic N) is 1.